The van der Waals surface area contributed by atoms with Gasteiger partial charge < -0.3 is 24.8 Å². The average Bonchev–Trinajstić information content (AvgIpc) is 3.47. The molecule has 4 aliphatic rings. The Morgan fingerprint density at radius 2 is 2.24 bits per heavy atom. The molecular formula is C22H26FN7O4. The van der Waals surface area contributed by atoms with Crippen LogP contribution < -0.4 is 10.6 Å². The molecule has 2 bridgehead atoms. The summed E-state index contributed by atoms with van der Waals surface area (Å²) in [6, 6.07) is 1.65. The van der Waals surface area contributed by atoms with Gasteiger partial charge in [0.2, 0.25) is 5.95 Å². The summed E-state index contributed by atoms with van der Waals surface area (Å²) in [7, 11) is 1.61. The number of nitrogens with one attached hydrogen (secondary N) is 3. The molecule has 3 saturated carbocycles. The zero-order chi connectivity index (χ0) is 23.4. The number of nitrogens with zero attached hydrogens (tertiary/aromatic N) is 4. The number of aromatic amines is 1. The van der Waals surface area contributed by atoms with Gasteiger partial charge in [0.1, 0.15) is 11.8 Å². The van der Waals surface area contributed by atoms with E-state index in [4.69, 9.17) is 14.2 Å². The third-order valence-corrected chi connectivity index (χ3v) is 6.90. The summed E-state index contributed by atoms with van der Waals surface area (Å²) in [5.74, 6) is 1.67. The van der Waals surface area contributed by atoms with Crippen LogP contribution in [0.25, 0.3) is 5.65 Å². The van der Waals surface area contributed by atoms with Gasteiger partial charge in [-0.15, -0.1) is 0 Å². The molecule has 0 radical (unpaired) electrons. The third kappa shape index (κ3) is 3.57. The molecule has 0 spiro atoms. The van der Waals surface area contributed by atoms with Crippen molar-refractivity contribution < 1.29 is 23.4 Å². The summed E-state index contributed by atoms with van der Waals surface area (Å²) >= 11 is 0. The number of alkyl carbamates (subject to hydrolysis) is 1. The lowest BCUT2D eigenvalue weighted by Gasteiger charge is -2.61. The first-order valence-electron chi connectivity index (χ1n) is 11.3. The molecule has 1 aliphatic heterocycles. The Labute approximate surface area is 194 Å². The summed E-state index contributed by atoms with van der Waals surface area (Å²) in [6.45, 7) is 2.29. The first kappa shape index (κ1) is 21.3. The van der Waals surface area contributed by atoms with Crippen molar-refractivity contribution in [3.63, 3.8) is 0 Å². The number of ether oxygens (including phenoxy) is 3. The Morgan fingerprint density at radius 1 is 1.41 bits per heavy atom. The summed E-state index contributed by atoms with van der Waals surface area (Å²) in [6.07, 6.45) is 2.55. The number of amides is 1. The molecule has 3 aliphatic carbocycles. The monoisotopic (exact) mass is 471 g/mol. The van der Waals surface area contributed by atoms with Gasteiger partial charge in [-0.2, -0.15) is 5.10 Å². The van der Waals surface area contributed by atoms with E-state index in [0.29, 0.717) is 24.1 Å². The summed E-state index contributed by atoms with van der Waals surface area (Å²) in [4.78, 5) is 21.2. The Bertz CT molecular complexity index is 1230. The highest BCUT2D eigenvalue weighted by Crippen LogP contribution is 2.57. The smallest absolute Gasteiger partial charge is 0.408 e. The van der Waals surface area contributed by atoms with Crippen LogP contribution in [0.5, 0.6) is 0 Å². The standard InChI is InChI=1S/C22H26FN7O4/c1-11-7-24-20(30-8-13(9-32-2)25-19(11)30)26-16-3-14(28-29-16)18-17(23)15(10-33-18)34-21(31)27-22-4-12(5-22)6-22/h3,7-8,12,15,17-18H,4-6,9-10H2,1-2H3,(H,27,31)(H2,24,26,28,29)/t12?,15-,17+,18-,22?/m1/s1. The van der Waals surface area contributed by atoms with E-state index in [2.05, 4.69) is 30.8 Å². The van der Waals surface area contributed by atoms with Crippen LogP contribution in [-0.2, 0) is 20.8 Å². The fourth-order valence-corrected chi connectivity index (χ4v) is 5.07. The van der Waals surface area contributed by atoms with Crippen LogP contribution in [0.1, 0.15) is 42.3 Å². The quantitative estimate of drug-likeness (QED) is 0.480. The zero-order valence-electron chi connectivity index (χ0n) is 18.9. The molecule has 180 valence electrons. The van der Waals surface area contributed by atoms with Crippen LogP contribution in [0.3, 0.4) is 0 Å². The average molecular weight is 471 g/mol. The number of H-pyrrole nitrogens is 1. The Kier molecular flexibility index (Phi) is 4.96. The number of hydrogen-bond acceptors (Lipinski definition) is 8. The number of carbonyl (C=O) groups excluding carboxylic acids is 1. The lowest BCUT2D eigenvalue weighted by atomic mass is 9.50. The number of imidazole rings is 1. The second kappa shape index (κ2) is 7.91. The first-order chi connectivity index (χ1) is 16.4. The van der Waals surface area contributed by atoms with Gasteiger partial charge in [-0.25, -0.2) is 19.2 Å². The normalized spacial score (nSPS) is 29.5. The number of aromatic nitrogens is 5. The molecule has 3 atom stereocenters. The molecule has 4 heterocycles. The van der Waals surface area contributed by atoms with Crippen molar-refractivity contribution >= 4 is 23.5 Å². The maximum atomic E-state index is 15.1. The summed E-state index contributed by atoms with van der Waals surface area (Å²) in [5.41, 5.74) is 2.76. The Balaban J connectivity index is 1.12. The molecule has 3 N–H and O–H groups in total. The second-order valence-corrected chi connectivity index (χ2v) is 9.48. The van der Waals surface area contributed by atoms with Crippen molar-refractivity contribution in [1.82, 2.24) is 29.9 Å². The van der Waals surface area contributed by atoms with E-state index in [1.165, 1.54) is 0 Å². The summed E-state index contributed by atoms with van der Waals surface area (Å²) < 4.78 is 33.0. The highest BCUT2D eigenvalue weighted by Gasteiger charge is 2.58. The second-order valence-electron chi connectivity index (χ2n) is 9.48. The largest absolute Gasteiger partial charge is 0.441 e. The van der Waals surface area contributed by atoms with Crippen LogP contribution in [-0.4, -0.2) is 62.2 Å². The van der Waals surface area contributed by atoms with Crippen LogP contribution in [0, 0.1) is 12.8 Å². The van der Waals surface area contributed by atoms with E-state index in [0.717, 1.165) is 42.1 Å². The Hall–Kier alpha value is -3.25. The van der Waals surface area contributed by atoms with Gasteiger partial charge in [0, 0.05) is 36.7 Å². The van der Waals surface area contributed by atoms with Gasteiger partial charge in [-0.05, 0) is 32.1 Å². The van der Waals surface area contributed by atoms with E-state index in [-0.39, 0.29) is 12.1 Å². The van der Waals surface area contributed by atoms with Gasteiger partial charge >= 0.3 is 6.09 Å². The molecule has 12 heteroatoms. The van der Waals surface area contributed by atoms with Crippen LogP contribution >= 0.6 is 0 Å². The minimum Gasteiger partial charge on any atom is -0.441 e. The van der Waals surface area contributed by atoms with Gasteiger partial charge in [-0.3, -0.25) is 9.50 Å². The summed E-state index contributed by atoms with van der Waals surface area (Å²) in [5, 5.41) is 13.0. The fraction of sp³-hybridized carbons (Fsp3) is 0.545. The predicted molar refractivity (Wildman–Crippen MR) is 117 cm³/mol. The number of methoxy groups -OCH3 is 1. The van der Waals surface area contributed by atoms with Crippen LogP contribution in [0.15, 0.2) is 18.5 Å². The molecule has 0 unspecified atom stereocenters. The maximum Gasteiger partial charge on any atom is 0.408 e. The number of rotatable bonds is 7. The van der Waals surface area contributed by atoms with Gasteiger partial charge in [0.15, 0.2) is 18.1 Å². The Morgan fingerprint density at radius 3 is 2.97 bits per heavy atom. The number of carbonyl (C=O) groups is 1. The van der Waals surface area contributed by atoms with Crippen molar-refractivity contribution in [1.29, 1.82) is 0 Å². The highest BCUT2D eigenvalue weighted by atomic mass is 19.1. The van der Waals surface area contributed by atoms with Gasteiger partial charge in [-0.1, -0.05) is 0 Å². The number of alkyl halides is 1. The molecule has 3 aromatic rings. The van der Waals surface area contributed by atoms with Crippen molar-refractivity contribution in [3.05, 3.63) is 35.4 Å². The van der Waals surface area contributed by atoms with E-state index in [9.17, 15) is 4.79 Å². The van der Waals surface area contributed by atoms with E-state index < -0.39 is 24.5 Å². The molecular weight excluding hydrogens is 445 g/mol. The molecule has 1 saturated heterocycles. The topological polar surface area (TPSA) is 128 Å². The van der Waals surface area contributed by atoms with Crippen LogP contribution in [0.2, 0.25) is 0 Å². The minimum absolute atomic E-state index is 0.0197. The van der Waals surface area contributed by atoms with Crippen molar-refractivity contribution in [2.24, 2.45) is 5.92 Å². The zero-order valence-corrected chi connectivity index (χ0v) is 18.9. The van der Waals surface area contributed by atoms with Crippen molar-refractivity contribution in [2.75, 3.05) is 19.0 Å². The van der Waals surface area contributed by atoms with E-state index in [1.54, 1.807) is 19.4 Å². The first-order valence-corrected chi connectivity index (χ1v) is 11.3. The maximum absolute atomic E-state index is 15.1. The number of anilines is 2. The molecule has 7 rings (SSSR count). The SMILES string of the molecule is COCc1cn2c(Nc3cc([C@H]4OC[C@@H](OC(=O)NC56CC(C5)C6)[C@@H]4F)[nH]n3)ncc(C)c2n1. The van der Waals surface area contributed by atoms with Crippen molar-refractivity contribution in [2.45, 2.75) is 56.7 Å². The molecule has 11 nitrogen and oxygen atoms in total. The molecule has 34 heavy (non-hydrogen) atoms. The number of halogens is 1. The third-order valence-electron chi connectivity index (χ3n) is 6.90. The molecule has 3 aromatic heterocycles. The number of hydrogen-bond donors (Lipinski definition) is 3. The van der Waals surface area contributed by atoms with Crippen LogP contribution in [0.4, 0.5) is 21.0 Å². The predicted octanol–water partition coefficient (Wildman–Crippen LogP) is 2.71. The van der Waals surface area contributed by atoms with Gasteiger partial charge in [0.25, 0.3) is 0 Å². The van der Waals surface area contributed by atoms with E-state index >= 15 is 4.39 Å². The van der Waals surface area contributed by atoms with Gasteiger partial charge in [0.05, 0.1) is 24.6 Å². The highest BCUT2D eigenvalue weighted by molar-refractivity contribution is 5.69. The minimum atomic E-state index is -1.51. The molecule has 4 fully saturated rings. The van der Waals surface area contributed by atoms with E-state index in [1.807, 2.05) is 17.5 Å². The molecule has 1 amide bonds. The van der Waals surface area contributed by atoms with Crippen molar-refractivity contribution in [3.8, 4) is 0 Å². The molecule has 0 aromatic carbocycles. The number of fused-ring (bicyclic) bond motifs is 1. The lowest BCUT2D eigenvalue weighted by molar-refractivity contribution is -0.0528. The lowest BCUT2D eigenvalue weighted by Crippen LogP contribution is -2.68. The fourth-order valence-electron chi connectivity index (χ4n) is 5.07. The number of aryl methyl sites for hydroxylation is 1.